The molecule has 2 heterocycles. The summed E-state index contributed by atoms with van der Waals surface area (Å²) in [5, 5.41) is 0. The van der Waals surface area contributed by atoms with E-state index >= 15 is 0 Å². The smallest absolute Gasteiger partial charge is 0.244 e. The number of methoxy groups -OCH3 is 1. The summed E-state index contributed by atoms with van der Waals surface area (Å²) in [6.45, 7) is 3.57. The Balaban J connectivity index is 1.55. The third-order valence-corrected chi connectivity index (χ3v) is 4.98. The van der Waals surface area contributed by atoms with Crippen molar-refractivity contribution in [2.75, 3.05) is 51.3 Å². The lowest BCUT2D eigenvalue weighted by molar-refractivity contribution is -0.136. The van der Waals surface area contributed by atoms with Crippen LogP contribution in [0, 0.1) is 0 Å². The van der Waals surface area contributed by atoms with Crippen LogP contribution in [0.25, 0.3) is 0 Å². The highest BCUT2D eigenvalue weighted by atomic mass is 16.5. The molecule has 0 radical (unpaired) electrons. The number of piperazine rings is 1. The Labute approximate surface area is 148 Å². The first-order valence-corrected chi connectivity index (χ1v) is 8.75. The molecular formula is C18H26N4O3. The number of nitrogens with two attached hydrogens (primary N) is 1. The van der Waals surface area contributed by atoms with Gasteiger partial charge in [-0.3, -0.25) is 14.5 Å². The molecule has 2 unspecified atom stereocenters. The molecule has 2 aliphatic rings. The van der Waals surface area contributed by atoms with Crippen LogP contribution < -0.4 is 10.6 Å². The molecule has 25 heavy (non-hydrogen) atoms. The molecule has 0 saturated carbocycles. The minimum absolute atomic E-state index is 0.0786. The van der Waals surface area contributed by atoms with Crippen molar-refractivity contribution in [1.29, 1.82) is 0 Å². The van der Waals surface area contributed by atoms with Gasteiger partial charge in [0.05, 0.1) is 12.6 Å². The second kappa shape index (κ2) is 7.95. The summed E-state index contributed by atoms with van der Waals surface area (Å²) in [6.07, 6.45) is 0.824. The van der Waals surface area contributed by atoms with Crippen LogP contribution in [-0.4, -0.2) is 80.1 Å². The van der Waals surface area contributed by atoms with Gasteiger partial charge in [-0.1, -0.05) is 18.2 Å². The highest BCUT2D eigenvalue weighted by molar-refractivity contribution is 5.99. The zero-order chi connectivity index (χ0) is 17.8. The minimum Gasteiger partial charge on any atom is -0.383 e. The fourth-order valence-corrected chi connectivity index (χ4v) is 3.61. The van der Waals surface area contributed by atoms with E-state index in [1.54, 1.807) is 4.90 Å². The summed E-state index contributed by atoms with van der Waals surface area (Å²) in [6, 6.07) is 9.07. The molecule has 0 bridgehead atoms. The fourth-order valence-electron chi connectivity index (χ4n) is 3.61. The zero-order valence-electron chi connectivity index (χ0n) is 14.6. The molecule has 136 valence electrons. The normalized spacial score (nSPS) is 23.1. The lowest BCUT2D eigenvalue weighted by Crippen LogP contribution is -2.57. The molecule has 0 aromatic heterocycles. The predicted molar refractivity (Wildman–Crippen MR) is 95.2 cm³/mol. The van der Waals surface area contributed by atoms with Gasteiger partial charge in [0.15, 0.2) is 0 Å². The molecule has 2 N–H and O–H groups in total. The highest BCUT2D eigenvalue weighted by Gasteiger charge is 2.38. The highest BCUT2D eigenvalue weighted by Crippen LogP contribution is 2.24. The number of nitrogens with zero attached hydrogens (tertiary/aromatic N) is 3. The number of amides is 2. The van der Waals surface area contributed by atoms with Gasteiger partial charge in [0, 0.05) is 45.5 Å². The Morgan fingerprint density at radius 3 is 2.52 bits per heavy atom. The van der Waals surface area contributed by atoms with E-state index < -0.39 is 6.04 Å². The third kappa shape index (κ3) is 3.84. The van der Waals surface area contributed by atoms with Crippen LogP contribution in [0.15, 0.2) is 30.3 Å². The Hall–Kier alpha value is -1.96. The molecule has 7 heteroatoms. The maximum Gasteiger partial charge on any atom is 0.244 e. The van der Waals surface area contributed by atoms with Gasteiger partial charge in [0.25, 0.3) is 0 Å². The van der Waals surface area contributed by atoms with Crippen molar-refractivity contribution in [2.45, 2.75) is 18.5 Å². The van der Waals surface area contributed by atoms with Crippen molar-refractivity contribution in [1.82, 2.24) is 9.80 Å². The predicted octanol–water partition coefficient (Wildman–Crippen LogP) is -0.0902. The van der Waals surface area contributed by atoms with Gasteiger partial charge < -0.3 is 20.3 Å². The number of anilines is 1. The van der Waals surface area contributed by atoms with Crippen molar-refractivity contribution in [3.05, 3.63) is 30.3 Å². The van der Waals surface area contributed by atoms with Crippen LogP contribution in [0.5, 0.6) is 0 Å². The quantitative estimate of drug-likeness (QED) is 0.806. The molecule has 0 spiro atoms. The third-order valence-electron chi connectivity index (χ3n) is 4.98. The Morgan fingerprint density at radius 2 is 1.88 bits per heavy atom. The fraction of sp³-hybridized carbons (Fsp3) is 0.556. The number of ether oxygens (including phenoxy) is 1. The number of para-hydroxylation sites is 1. The summed E-state index contributed by atoms with van der Waals surface area (Å²) >= 11 is 0. The monoisotopic (exact) mass is 346 g/mol. The zero-order valence-corrected chi connectivity index (χ0v) is 14.6. The molecule has 2 aliphatic heterocycles. The van der Waals surface area contributed by atoms with Crippen LogP contribution in [0.3, 0.4) is 0 Å². The lowest BCUT2D eigenvalue weighted by Gasteiger charge is -2.38. The van der Waals surface area contributed by atoms with Gasteiger partial charge in [-0.25, -0.2) is 0 Å². The van der Waals surface area contributed by atoms with E-state index in [9.17, 15) is 9.59 Å². The first kappa shape index (κ1) is 17.8. The number of benzene rings is 1. The second-order valence-corrected chi connectivity index (χ2v) is 6.55. The van der Waals surface area contributed by atoms with Crippen LogP contribution >= 0.6 is 0 Å². The Bertz CT molecular complexity index is 602. The van der Waals surface area contributed by atoms with Gasteiger partial charge in [-0.05, 0) is 18.6 Å². The number of hydrogen-bond donors (Lipinski definition) is 1. The second-order valence-electron chi connectivity index (χ2n) is 6.55. The minimum atomic E-state index is -0.613. The van der Waals surface area contributed by atoms with E-state index in [0.717, 1.165) is 18.7 Å². The molecule has 2 atom stereocenters. The number of rotatable bonds is 5. The topological polar surface area (TPSA) is 79.1 Å². The molecule has 2 fully saturated rings. The number of hydrogen-bond acceptors (Lipinski definition) is 5. The van der Waals surface area contributed by atoms with E-state index in [2.05, 4.69) is 4.90 Å². The molecule has 1 aromatic rings. The summed E-state index contributed by atoms with van der Waals surface area (Å²) in [5.41, 5.74) is 6.78. The molecule has 3 rings (SSSR count). The standard InChI is InChI=1S/C18H26N4O3/c1-25-13-15(19)17(23)21-11-9-20(10-12-21)16-7-8-22(18(16)24)14-5-3-2-4-6-14/h2-6,15-16H,7-13,19H2,1H3. The average Bonchev–Trinajstić information content (AvgIpc) is 3.03. The molecular weight excluding hydrogens is 320 g/mol. The van der Waals surface area contributed by atoms with E-state index in [1.807, 2.05) is 35.2 Å². The molecule has 2 amide bonds. The van der Waals surface area contributed by atoms with E-state index in [-0.39, 0.29) is 24.5 Å². The maximum absolute atomic E-state index is 12.8. The number of carbonyl (C=O) groups excluding carboxylic acids is 2. The number of carbonyl (C=O) groups is 2. The van der Waals surface area contributed by atoms with Crippen molar-refractivity contribution in [3.8, 4) is 0 Å². The summed E-state index contributed by atoms with van der Waals surface area (Å²) < 4.78 is 4.95. The Morgan fingerprint density at radius 1 is 1.20 bits per heavy atom. The molecule has 2 saturated heterocycles. The lowest BCUT2D eigenvalue weighted by atomic mass is 10.1. The molecule has 0 aliphatic carbocycles. The van der Waals surface area contributed by atoms with Crippen LogP contribution in [0.2, 0.25) is 0 Å². The van der Waals surface area contributed by atoms with Gasteiger partial charge in [-0.15, -0.1) is 0 Å². The SMILES string of the molecule is COCC(N)C(=O)N1CCN(C2CCN(c3ccccc3)C2=O)CC1. The first-order chi connectivity index (χ1) is 12.1. The summed E-state index contributed by atoms with van der Waals surface area (Å²) in [7, 11) is 1.54. The van der Waals surface area contributed by atoms with Crippen LogP contribution in [0.1, 0.15) is 6.42 Å². The summed E-state index contributed by atoms with van der Waals surface area (Å²) in [4.78, 5) is 30.8. The summed E-state index contributed by atoms with van der Waals surface area (Å²) in [5.74, 6) is 0.0761. The van der Waals surface area contributed by atoms with Crippen molar-refractivity contribution < 1.29 is 14.3 Å². The largest absolute Gasteiger partial charge is 0.383 e. The van der Waals surface area contributed by atoms with Crippen LogP contribution in [0.4, 0.5) is 5.69 Å². The van der Waals surface area contributed by atoms with E-state index in [0.29, 0.717) is 26.2 Å². The van der Waals surface area contributed by atoms with E-state index in [4.69, 9.17) is 10.5 Å². The van der Waals surface area contributed by atoms with Gasteiger partial charge in [0.2, 0.25) is 11.8 Å². The average molecular weight is 346 g/mol. The molecule has 7 nitrogen and oxygen atoms in total. The van der Waals surface area contributed by atoms with E-state index in [1.165, 1.54) is 7.11 Å². The van der Waals surface area contributed by atoms with Gasteiger partial charge in [0.1, 0.15) is 6.04 Å². The maximum atomic E-state index is 12.8. The Kier molecular flexibility index (Phi) is 5.67. The van der Waals surface area contributed by atoms with Crippen molar-refractivity contribution >= 4 is 17.5 Å². The van der Waals surface area contributed by atoms with Gasteiger partial charge in [-0.2, -0.15) is 0 Å². The van der Waals surface area contributed by atoms with Crippen molar-refractivity contribution in [2.24, 2.45) is 5.73 Å². The first-order valence-electron chi connectivity index (χ1n) is 8.75. The van der Waals surface area contributed by atoms with Crippen molar-refractivity contribution in [3.63, 3.8) is 0 Å². The van der Waals surface area contributed by atoms with Crippen LogP contribution in [-0.2, 0) is 14.3 Å². The van der Waals surface area contributed by atoms with Gasteiger partial charge >= 0.3 is 0 Å². The molecule has 1 aromatic carbocycles.